The van der Waals surface area contributed by atoms with Gasteiger partial charge in [0.1, 0.15) is 5.75 Å². The number of hydrogen-bond donors (Lipinski definition) is 3. The van der Waals surface area contributed by atoms with E-state index >= 15 is 0 Å². The predicted octanol–water partition coefficient (Wildman–Crippen LogP) is 0.436. The van der Waals surface area contributed by atoms with Gasteiger partial charge in [0.2, 0.25) is 0 Å². The Balaban J connectivity index is 2.64. The molecular weight excluding hydrogens is 196 g/mol. The molecule has 0 aliphatic heterocycles. The monoisotopic (exact) mass is 204 g/mol. The summed E-state index contributed by atoms with van der Waals surface area (Å²) < 4.78 is 0. The summed E-state index contributed by atoms with van der Waals surface area (Å²) in [4.78, 5) is 26.6. The van der Waals surface area contributed by atoms with E-state index in [0.29, 0.717) is 11.1 Å². The number of rotatable bonds is 1. The molecule has 0 spiro atoms. The minimum Gasteiger partial charge on any atom is -0.508 e. The zero-order valence-electron chi connectivity index (χ0n) is 7.65. The average molecular weight is 204 g/mol. The lowest BCUT2D eigenvalue weighted by Gasteiger charge is -1.99. The highest BCUT2D eigenvalue weighted by atomic mass is 16.3. The highest BCUT2D eigenvalue weighted by molar-refractivity contribution is 5.62. The fourth-order valence-corrected chi connectivity index (χ4v) is 1.30. The van der Waals surface area contributed by atoms with Gasteiger partial charge in [-0.05, 0) is 17.7 Å². The van der Waals surface area contributed by atoms with E-state index < -0.39 is 11.2 Å². The van der Waals surface area contributed by atoms with Gasteiger partial charge in [0.05, 0.1) is 5.56 Å². The Kier molecular flexibility index (Phi) is 2.13. The Morgan fingerprint density at radius 2 is 2.00 bits per heavy atom. The topological polar surface area (TPSA) is 85.9 Å². The molecule has 2 aromatic rings. The molecule has 0 unspecified atom stereocenters. The zero-order valence-corrected chi connectivity index (χ0v) is 7.65. The van der Waals surface area contributed by atoms with E-state index in [1.807, 2.05) is 0 Å². The van der Waals surface area contributed by atoms with Gasteiger partial charge in [0.25, 0.3) is 5.56 Å². The van der Waals surface area contributed by atoms with E-state index in [4.69, 9.17) is 0 Å². The third-order valence-electron chi connectivity index (χ3n) is 1.98. The fraction of sp³-hybridized carbons (Fsp3) is 0. The van der Waals surface area contributed by atoms with E-state index in [9.17, 15) is 14.7 Å². The normalized spacial score (nSPS) is 10.1. The molecule has 1 heterocycles. The largest absolute Gasteiger partial charge is 0.508 e. The van der Waals surface area contributed by atoms with Crippen LogP contribution in [0.4, 0.5) is 0 Å². The van der Waals surface area contributed by atoms with Gasteiger partial charge in [-0.3, -0.25) is 9.78 Å². The van der Waals surface area contributed by atoms with Crippen LogP contribution in [0.5, 0.6) is 5.75 Å². The fourth-order valence-electron chi connectivity index (χ4n) is 1.30. The molecular formula is C10H8N2O3. The first-order valence-corrected chi connectivity index (χ1v) is 4.28. The number of hydrogen-bond acceptors (Lipinski definition) is 3. The maximum absolute atomic E-state index is 11.4. The summed E-state index contributed by atoms with van der Waals surface area (Å²) in [5.41, 5.74) is -0.175. The van der Waals surface area contributed by atoms with Crippen molar-refractivity contribution in [2.24, 2.45) is 0 Å². The first-order chi connectivity index (χ1) is 7.16. The molecule has 0 bridgehead atoms. The Labute approximate surface area is 84.0 Å². The van der Waals surface area contributed by atoms with Crippen molar-refractivity contribution < 1.29 is 5.11 Å². The van der Waals surface area contributed by atoms with Crippen molar-refractivity contribution in [3.05, 3.63) is 51.3 Å². The lowest BCUT2D eigenvalue weighted by atomic mass is 10.1. The molecule has 5 nitrogen and oxygen atoms in total. The first-order valence-electron chi connectivity index (χ1n) is 4.28. The second kappa shape index (κ2) is 3.45. The molecule has 2 rings (SSSR count). The van der Waals surface area contributed by atoms with Gasteiger partial charge in [0, 0.05) is 6.20 Å². The molecule has 0 saturated carbocycles. The summed E-state index contributed by atoms with van der Waals surface area (Å²) >= 11 is 0. The molecule has 1 aromatic carbocycles. The van der Waals surface area contributed by atoms with E-state index in [-0.39, 0.29) is 5.75 Å². The van der Waals surface area contributed by atoms with Crippen molar-refractivity contribution in [3.63, 3.8) is 0 Å². The predicted molar refractivity (Wildman–Crippen MR) is 54.8 cm³/mol. The van der Waals surface area contributed by atoms with E-state index in [0.717, 1.165) is 0 Å². The molecule has 15 heavy (non-hydrogen) atoms. The second-order valence-electron chi connectivity index (χ2n) is 3.04. The SMILES string of the molecule is O=c1[nH]cc(-c2cccc(O)c2)c(=O)[nH]1. The number of aromatic nitrogens is 2. The standard InChI is InChI=1S/C10H8N2O3/c13-7-3-1-2-6(4-7)8-5-11-10(15)12-9(8)14/h1-5,13H,(H2,11,12,14,15). The number of phenolic OH excluding ortho intramolecular Hbond substituents is 1. The quantitative estimate of drug-likeness (QED) is 0.629. The Morgan fingerprint density at radius 3 is 2.67 bits per heavy atom. The maximum atomic E-state index is 11.4. The van der Waals surface area contributed by atoms with Crippen LogP contribution in [0.1, 0.15) is 0 Å². The lowest BCUT2D eigenvalue weighted by Crippen LogP contribution is -2.22. The number of phenols is 1. The maximum Gasteiger partial charge on any atom is 0.325 e. The highest BCUT2D eigenvalue weighted by Crippen LogP contribution is 2.18. The van der Waals surface area contributed by atoms with Crippen molar-refractivity contribution in [2.75, 3.05) is 0 Å². The molecule has 0 radical (unpaired) electrons. The molecule has 0 aliphatic rings. The molecule has 76 valence electrons. The van der Waals surface area contributed by atoms with Gasteiger partial charge < -0.3 is 10.1 Å². The van der Waals surface area contributed by atoms with E-state index in [1.165, 1.54) is 18.3 Å². The Morgan fingerprint density at radius 1 is 1.20 bits per heavy atom. The summed E-state index contributed by atoms with van der Waals surface area (Å²) in [6.07, 6.45) is 1.32. The number of nitrogens with one attached hydrogen (secondary N) is 2. The summed E-state index contributed by atoms with van der Waals surface area (Å²) in [5.74, 6) is 0.0677. The lowest BCUT2D eigenvalue weighted by molar-refractivity contribution is 0.475. The van der Waals surface area contributed by atoms with Gasteiger partial charge in [-0.1, -0.05) is 12.1 Å². The van der Waals surface area contributed by atoms with Crippen LogP contribution in [0.3, 0.4) is 0 Å². The van der Waals surface area contributed by atoms with Crippen LogP contribution >= 0.6 is 0 Å². The molecule has 0 fully saturated rings. The Bertz CT molecular complexity index is 598. The van der Waals surface area contributed by atoms with Crippen LogP contribution in [-0.2, 0) is 0 Å². The van der Waals surface area contributed by atoms with Gasteiger partial charge >= 0.3 is 5.69 Å². The molecule has 0 amide bonds. The smallest absolute Gasteiger partial charge is 0.325 e. The van der Waals surface area contributed by atoms with Crippen molar-refractivity contribution in [3.8, 4) is 16.9 Å². The van der Waals surface area contributed by atoms with Crippen LogP contribution in [0.2, 0.25) is 0 Å². The van der Waals surface area contributed by atoms with E-state index in [1.54, 1.807) is 12.1 Å². The average Bonchev–Trinajstić information content (AvgIpc) is 2.17. The molecule has 0 saturated heterocycles. The summed E-state index contributed by atoms with van der Waals surface area (Å²) in [6.45, 7) is 0. The number of benzene rings is 1. The van der Waals surface area contributed by atoms with Crippen LogP contribution in [0, 0.1) is 0 Å². The van der Waals surface area contributed by atoms with Crippen molar-refractivity contribution >= 4 is 0 Å². The summed E-state index contributed by atoms with van der Waals surface area (Å²) in [7, 11) is 0. The van der Waals surface area contributed by atoms with E-state index in [2.05, 4.69) is 9.97 Å². The van der Waals surface area contributed by atoms with Crippen LogP contribution in [0.25, 0.3) is 11.1 Å². The highest BCUT2D eigenvalue weighted by Gasteiger charge is 2.03. The van der Waals surface area contributed by atoms with Crippen molar-refractivity contribution in [2.45, 2.75) is 0 Å². The minimum absolute atomic E-state index is 0.0677. The zero-order chi connectivity index (χ0) is 10.8. The molecule has 0 aliphatic carbocycles. The number of H-pyrrole nitrogens is 2. The van der Waals surface area contributed by atoms with Crippen LogP contribution < -0.4 is 11.2 Å². The van der Waals surface area contributed by atoms with Gasteiger partial charge in [-0.25, -0.2) is 4.79 Å². The third-order valence-corrected chi connectivity index (χ3v) is 1.98. The third kappa shape index (κ3) is 1.80. The Hall–Kier alpha value is -2.30. The van der Waals surface area contributed by atoms with Gasteiger partial charge in [-0.15, -0.1) is 0 Å². The molecule has 3 N–H and O–H groups in total. The minimum atomic E-state index is -0.552. The molecule has 5 heteroatoms. The molecule has 1 aromatic heterocycles. The summed E-state index contributed by atoms with van der Waals surface area (Å²) in [6, 6.07) is 6.24. The van der Waals surface area contributed by atoms with Crippen LogP contribution in [-0.4, -0.2) is 15.1 Å². The van der Waals surface area contributed by atoms with Crippen molar-refractivity contribution in [1.82, 2.24) is 9.97 Å². The molecule has 0 atom stereocenters. The van der Waals surface area contributed by atoms with Crippen molar-refractivity contribution in [1.29, 1.82) is 0 Å². The second-order valence-corrected chi connectivity index (χ2v) is 3.04. The van der Waals surface area contributed by atoms with Crippen LogP contribution in [0.15, 0.2) is 40.1 Å². The van der Waals surface area contributed by atoms with Gasteiger partial charge in [-0.2, -0.15) is 0 Å². The number of aromatic hydroxyl groups is 1. The summed E-state index contributed by atoms with van der Waals surface area (Å²) in [5, 5.41) is 9.24. The first kappa shape index (κ1) is 9.26. The van der Waals surface area contributed by atoms with Gasteiger partial charge in [0.15, 0.2) is 0 Å². The number of aromatic amines is 2.